The van der Waals surface area contributed by atoms with Crippen molar-refractivity contribution in [3.8, 4) is 0 Å². The van der Waals surface area contributed by atoms with Gasteiger partial charge in [-0.05, 0) is 48.9 Å². The molecule has 0 spiro atoms. The summed E-state index contributed by atoms with van der Waals surface area (Å²) in [6, 6.07) is 22.4. The molecule has 4 heteroatoms. The van der Waals surface area contributed by atoms with Crippen LogP contribution in [-0.2, 0) is 4.74 Å². The maximum atomic E-state index is 5.77. The van der Waals surface area contributed by atoms with Crippen molar-refractivity contribution in [2.75, 3.05) is 17.3 Å². The number of nitrogens with zero attached hydrogens (tertiary/aromatic N) is 2. The van der Waals surface area contributed by atoms with Crippen LogP contribution in [0.4, 0.5) is 17.2 Å². The van der Waals surface area contributed by atoms with Gasteiger partial charge >= 0.3 is 0 Å². The van der Waals surface area contributed by atoms with Crippen LogP contribution in [0.15, 0.2) is 84.8 Å². The van der Waals surface area contributed by atoms with Crippen molar-refractivity contribution in [1.82, 2.24) is 4.98 Å². The minimum atomic E-state index is -0.148. The lowest BCUT2D eigenvalue weighted by Gasteiger charge is -2.35. The first kappa shape index (κ1) is 16.4. The van der Waals surface area contributed by atoms with E-state index in [0.29, 0.717) is 0 Å². The van der Waals surface area contributed by atoms with E-state index in [9.17, 15) is 0 Å². The number of aromatic nitrogens is 1. The fraction of sp³-hybridized carbons (Fsp3) is 0.136. The lowest BCUT2D eigenvalue weighted by Crippen LogP contribution is -2.29. The second kappa shape index (κ2) is 7.02. The van der Waals surface area contributed by atoms with Crippen LogP contribution < -0.4 is 10.2 Å². The number of pyridine rings is 1. The molecular formula is C22H21N3O. The summed E-state index contributed by atoms with van der Waals surface area (Å²) in [6.07, 6.45) is 3.81. The van der Waals surface area contributed by atoms with Crippen molar-refractivity contribution in [2.24, 2.45) is 0 Å². The SMILES string of the molecule is COC1C=C(Nc2ccccc2)N(c2ccccc2)c2nccc(C)c21. The molecule has 2 heterocycles. The summed E-state index contributed by atoms with van der Waals surface area (Å²) in [5, 5.41) is 3.52. The number of rotatable bonds is 4. The molecule has 2 aromatic carbocycles. The van der Waals surface area contributed by atoms with Gasteiger partial charge in [-0.1, -0.05) is 36.4 Å². The quantitative estimate of drug-likeness (QED) is 0.708. The normalized spacial score (nSPS) is 16.0. The van der Waals surface area contributed by atoms with Gasteiger partial charge in [-0.15, -0.1) is 0 Å². The number of benzene rings is 2. The third-order valence-corrected chi connectivity index (χ3v) is 4.55. The lowest BCUT2D eigenvalue weighted by atomic mass is 10.00. The molecule has 0 saturated carbocycles. The molecule has 26 heavy (non-hydrogen) atoms. The van der Waals surface area contributed by atoms with E-state index in [1.54, 1.807) is 7.11 Å². The summed E-state index contributed by atoms with van der Waals surface area (Å²) in [5.74, 6) is 1.82. The maximum absolute atomic E-state index is 5.77. The zero-order chi connectivity index (χ0) is 17.9. The highest BCUT2D eigenvalue weighted by Crippen LogP contribution is 2.41. The van der Waals surface area contributed by atoms with Gasteiger partial charge < -0.3 is 10.1 Å². The number of hydrogen-bond donors (Lipinski definition) is 1. The predicted octanol–water partition coefficient (Wildman–Crippen LogP) is 5.18. The fourth-order valence-corrected chi connectivity index (χ4v) is 3.29. The Hall–Kier alpha value is -3.11. The molecular weight excluding hydrogens is 322 g/mol. The molecule has 3 aromatic rings. The van der Waals surface area contributed by atoms with E-state index in [-0.39, 0.29) is 6.10 Å². The Morgan fingerprint density at radius 3 is 2.35 bits per heavy atom. The van der Waals surface area contributed by atoms with E-state index < -0.39 is 0 Å². The number of ether oxygens (including phenoxy) is 1. The van der Waals surface area contributed by atoms with Crippen molar-refractivity contribution in [2.45, 2.75) is 13.0 Å². The fourth-order valence-electron chi connectivity index (χ4n) is 3.29. The van der Waals surface area contributed by atoms with E-state index in [4.69, 9.17) is 9.72 Å². The van der Waals surface area contributed by atoms with Crippen LogP contribution in [0.5, 0.6) is 0 Å². The molecule has 0 bridgehead atoms. The molecule has 1 aliphatic rings. The first-order valence-corrected chi connectivity index (χ1v) is 8.65. The summed E-state index contributed by atoms with van der Waals surface area (Å²) in [5.41, 5.74) is 4.33. The monoisotopic (exact) mass is 343 g/mol. The van der Waals surface area contributed by atoms with Gasteiger partial charge in [-0.2, -0.15) is 0 Å². The van der Waals surface area contributed by atoms with Gasteiger partial charge in [0.2, 0.25) is 0 Å². The molecule has 0 aliphatic carbocycles. The van der Waals surface area contributed by atoms with Crippen LogP contribution in [0, 0.1) is 6.92 Å². The Balaban J connectivity index is 1.86. The average molecular weight is 343 g/mol. The van der Waals surface area contributed by atoms with Crippen LogP contribution >= 0.6 is 0 Å². The first-order chi connectivity index (χ1) is 12.8. The molecule has 1 aromatic heterocycles. The van der Waals surface area contributed by atoms with Crippen LogP contribution in [0.3, 0.4) is 0 Å². The number of para-hydroxylation sites is 2. The zero-order valence-corrected chi connectivity index (χ0v) is 14.9. The molecule has 130 valence electrons. The molecule has 0 amide bonds. The topological polar surface area (TPSA) is 37.4 Å². The predicted molar refractivity (Wildman–Crippen MR) is 105 cm³/mol. The van der Waals surface area contributed by atoms with Crippen molar-refractivity contribution < 1.29 is 4.74 Å². The minimum Gasteiger partial charge on any atom is -0.372 e. The lowest BCUT2D eigenvalue weighted by molar-refractivity contribution is 0.140. The maximum Gasteiger partial charge on any atom is 0.145 e. The Kier molecular flexibility index (Phi) is 4.42. The number of nitrogens with one attached hydrogen (secondary N) is 1. The van der Waals surface area contributed by atoms with E-state index in [1.807, 2.05) is 60.8 Å². The summed E-state index contributed by atoms with van der Waals surface area (Å²) in [6.45, 7) is 2.10. The van der Waals surface area contributed by atoms with E-state index >= 15 is 0 Å². The number of hydrogen-bond acceptors (Lipinski definition) is 4. The summed E-state index contributed by atoms with van der Waals surface area (Å²) < 4.78 is 5.77. The Bertz CT molecular complexity index is 923. The molecule has 4 nitrogen and oxygen atoms in total. The van der Waals surface area contributed by atoms with Crippen molar-refractivity contribution in [3.63, 3.8) is 0 Å². The molecule has 1 aliphatic heterocycles. The van der Waals surface area contributed by atoms with Gasteiger partial charge in [-0.3, -0.25) is 4.90 Å². The molecule has 0 radical (unpaired) electrons. The molecule has 1 atom stereocenters. The molecule has 1 N–H and O–H groups in total. The second-order valence-corrected chi connectivity index (χ2v) is 6.24. The molecule has 0 saturated heterocycles. The number of aryl methyl sites for hydroxylation is 1. The number of fused-ring (bicyclic) bond motifs is 1. The third kappa shape index (κ3) is 2.95. The van der Waals surface area contributed by atoms with Gasteiger partial charge in [0.1, 0.15) is 17.7 Å². The smallest absolute Gasteiger partial charge is 0.145 e. The van der Waals surface area contributed by atoms with Gasteiger partial charge in [0, 0.05) is 30.2 Å². The summed E-state index contributed by atoms with van der Waals surface area (Å²) in [4.78, 5) is 6.84. The third-order valence-electron chi connectivity index (χ3n) is 4.55. The van der Waals surface area contributed by atoms with Crippen molar-refractivity contribution >= 4 is 17.2 Å². The van der Waals surface area contributed by atoms with Crippen LogP contribution in [0.1, 0.15) is 17.2 Å². The van der Waals surface area contributed by atoms with Crippen LogP contribution in [-0.4, -0.2) is 12.1 Å². The Labute approximate surface area is 153 Å². The minimum absolute atomic E-state index is 0.148. The highest BCUT2D eigenvalue weighted by molar-refractivity contribution is 5.74. The van der Waals surface area contributed by atoms with Gasteiger partial charge in [0.15, 0.2) is 0 Å². The van der Waals surface area contributed by atoms with Gasteiger partial charge in [-0.25, -0.2) is 4.98 Å². The van der Waals surface area contributed by atoms with E-state index in [0.717, 1.165) is 34.1 Å². The average Bonchev–Trinajstić information content (AvgIpc) is 2.69. The largest absolute Gasteiger partial charge is 0.372 e. The highest BCUT2D eigenvalue weighted by atomic mass is 16.5. The summed E-state index contributed by atoms with van der Waals surface area (Å²) >= 11 is 0. The number of methoxy groups -OCH3 is 1. The van der Waals surface area contributed by atoms with Gasteiger partial charge in [0.05, 0.1) is 0 Å². The first-order valence-electron chi connectivity index (χ1n) is 8.65. The van der Waals surface area contributed by atoms with Gasteiger partial charge in [0.25, 0.3) is 0 Å². The molecule has 0 fully saturated rings. The van der Waals surface area contributed by atoms with Crippen LogP contribution in [0.2, 0.25) is 0 Å². The Morgan fingerprint density at radius 2 is 1.65 bits per heavy atom. The van der Waals surface area contributed by atoms with E-state index in [1.165, 1.54) is 0 Å². The summed E-state index contributed by atoms with van der Waals surface area (Å²) in [7, 11) is 1.73. The molecule has 4 rings (SSSR count). The van der Waals surface area contributed by atoms with Crippen molar-refractivity contribution in [3.05, 3.63) is 96.0 Å². The highest BCUT2D eigenvalue weighted by Gasteiger charge is 2.30. The second-order valence-electron chi connectivity index (χ2n) is 6.24. The zero-order valence-electron chi connectivity index (χ0n) is 14.9. The van der Waals surface area contributed by atoms with E-state index in [2.05, 4.69) is 35.3 Å². The van der Waals surface area contributed by atoms with Crippen LogP contribution in [0.25, 0.3) is 0 Å². The Morgan fingerprint density at radius 1 is 0.962 bits per heavy atom. The number of anilines is 3. The van der Waals surface area contributed by atoms with Crippen molar-refractivity contribution in [1.29, 1.82) is 0 Å². The standard InChI is InChI=1S/C22H21N3O/c1-16-13-14-23-22-21(16)19(26-2)15-20(24-17-9-5-3-6-10-17)25(22)18-11-7-4-8-12-18/h3-15,19,24H,1-2H3. The molecule has 1 unspecified atom stereocenters.